The van der Waals surface area contributed by atoms with Gasteiger partial charge in [-0.1, -0.05) is 12.2 Å². The molecular formula is C9H18NO4P. The zero-order chi connectivity index (χ0) is 11.5. The predicted molar refractivity (Wildman–Crippen MR) is 56.9 cm³/mol. The first kappa shape index (κ1) is 12.9. The summed E-state index contributed by atoms with van der Waals surface area (Å²) in [5.74, 6) is 0. The Labute approximate surface area is 90.2 Å². The van der Waals surface area contributed by atoms with E-state index in [1.165, 1.54) is 0 Å². The summed E-state index contributed by atoms with van der Waals surface area (Å²) in [4.78, 5) is 0. The zero-order valence-electron chi connectivity index (χ0n) is 9.34. The lowest BCUT2D eigenvalue weighted by atomic mass is 10.3. The number of rotatable bonds is 5. The van der Waals surface area contributed by atoms with Gasteiger partial charge in [-0.2, -0.15) is 5.06 Å². The first-order valence-corrected chi connectivity index (χ1v) is 6.58. The number of hydroxylamine groups is 2. The Hall–Kier alpha value is -0.190. The average Bonchev–Trinajstić information content (AvgIpc) is 2.49. The highest BCUT2D eigenvalue weighted by molar-refractivity contribution is 7.55. The quantitative estimate of drug-likeness (QED) is 0.585. The molecule has 1 atom stereocenters. The predicted octanol–water partition coefficient (Wildman–Crippen LogP) is 2.23. The first-order valence-electron chi connectivity index (χ1n) is 5.03. The topological polar surface area (TPSA) is 59.0 Å². The molecule has 1 heterocycles. The van der Waals surface area contributed by atoms with Crippen LogP contribution in [0.3, 0.4) is 0 Å². The monoisotopic (exact) mass is 235 g/mol. The molecule has 5 nitrogen and oxygen atoms in total. The number of nitrogens with zero attached hydrogens (tertiary/aromatic N) is 1. The first-order chi connectivity index (χ1) is 7.00. The molecule has 1 rings (SSSR count). The fourth-order valence-electron chi connectivity index (χ4n) is 1.52. The fourth-order valence-corrected chi connectivity index (χ4v) is 3.45. The molecule has 1 aliphatic heterocycles. The molecule has 1 N–H and O–H groups in total. The molecule has 0 fully saturated rings. The van der Waals surface area contributed by atoms with Gasteiger partial charge in [-0.15, -0.1) is 0 Å². The molecule has 0 aliphatic carbocycles. The van der Waals surface area contributed by atoms with Crippen LogP contribution in [0.5, 0.6) is 0 Å². The van der Waals surface area contributed by atoms with Crippen LogP contribution in [-0.4, -0.2) is 35.3 Å². The average molecular weight is 235 g/mol. The van der Waals surface area contributed by atoms with Gasteiger partial charge >= 0.3 is 7.60 Å². The van der Waals surface area contributed by atoms with Crippen molar-refractivity contribution in [3.8, 4) is 0 Å². The molecule has 1 unspecified atom stereocenters. The second kappa shape index (κ2) is 4.76. The van der Waals surface area contributed by atoms with Crippen molar-refractivity contribution in [2.45, 2.75) is 26.1 Å². The summed E-state index contributed by atoms with van der Waals surface area (Å²) in [6, 6.07) is 0. The van der Waals surface area contributed by atoms with E-state index in [0.717, 1.165) is 5.06 Å². The highest BCUT2D eigenvalue weighted by atomic mass is 31.2. The molecule has 0 amide bonds. The minimum Gasteiger partial charge on any atom is -0.312 e. The van der Waals surface area contributed by atoms with E-state index in [1.807, 2.05) is 0 Å². The van der Waals surface area contributed by atoms with Crippen molar-refractivity contribution in [2.24, 2.45) is 0 Å². The van der Waals surface area contributed by atoms with Gasteiger partial charge in [-0.25, -0.2) is 0 Å². The maximum Gasteiger partial charge on any atom is 0.356 e. The molecule has 0 spiro atoms. The molecule has 0 radical (unpaired) electrons. The molecule has 0 saturated heterocycles. The molecule has 0 saturated carbocycles. The SMILES string of the molecule is CCOP(=O)(OCC)C1(C)C=CCN1O. The Balaban J connectivity index is 2.97. The van der Waals surface area contributed by atoms with E-state index < -0.39 is 12.9 Å². The third-order valence-electron chi connectivity index (χ3n) is 2.39. The van der Waals surface area contributed by atoms with Crippen LogP contribution in [0.15, 0.2) is 12.2 Å². The molecule has 0 aromatic rings. The summed E-state index contributed by atoms with van der Waals surface area (Å²) < 4.78 is 22.9. The largest absolute Gasteiger partial charge is 0.356 e. The van der Waals surface area contributed by atoms with Crippen LogP contribution in [0.4, 0.5) is 0 Å². The molecular weight excluding hydrogens is 217 g/mol. The van der Waals surface area contributed by atoms with Crippen molar-refractivity contribution in [2.75, 3.05) is 19.8 Å². The third kappa shape index (κ3) is 2.17. The smallest absolute Gasteiger partial charge is 0.312 e. The van der Waals surface area contributed by atoms with Crippen LogP contribution in [0.1, 0.15) is 20.8 Å². The van der Waals surface area contributed by atoms with Crippen molar-refractivity contribution >= 4 is 7.60 Å². The van der Waals surface area contributed by atoms with Gasteiger partial charge in [-0.3, -0.25) is 4.57 Å². The minimum atomic E-state index is -3.35. The highest BCUT2D eigenvalue weighted by Gasteiger charge is 2.51. The summed E-state index contributed by atoms with van der Waals surface area (Å²) >= 11 is 0. The van der Waals surface area contributed by atoms with E-state index in [2.05, 4.69) is 0 Å². The standard InChI is InChI=1S/C9H18NO4P/c1-4-13-15(12,14-5-2)9(3)7-6-8-10(9)11/h6-7,11H,4-5,8H2,1-3H3. The van der Waals surface area contributed by atoms with Crippen LogP contribution in [0.25, 0.3) is 0 Å². The summed E-state index contributed by atoms with van der Waals surface area (Å²) in [6.07, 6.45) is 3.41. The number of hydrogen-bond donors (Lipinski definition) is 1. The van der Waals surface area contributed by atoms with E-state index >= 15 is 0 Å². The Morgan fingerprint density at radius 3 is 2.33 bits per heavy atom. The zero-order valence-corrected chi connectivity index (χ0v) is 10.2. The van der Waals surface area contributed by atoms with E-state index in [9.17, 15) is 9.77 Å². The van der Waals surface area contributed by atoms with E-state index in [-0.39, 0.29) is 13.2 Å². The van der Waals surface area contributed by atoms with Gasteiger partial charge in [-0.05, 0) is 20.8 Å². The Kier molecular flexibility index (Phi) is 4.09. The van der Waals surface area contributed by atoms with Gasteiger partial charge in [0.05, 0.1) is 13.2 Å². The lowest BCUT2D eigenvalue weighted by Crippen LogP contribution is -2.39. The van der Waals surface area contributed by atoms with Crippen LogP contribution < -0.4 is 0 Å². The lowest BCUT2D eigenvalue weighted by molar-refractivity contribution is -0.113. The van der Waals surface area contributed by atoms with Crippen molar-refractivity contribution in [1.82, 2.24) is 5.06 Å². The minimum absolute atomic E-state index is 0.286. The Morgan fingerprint density at radius 2 is 2.00 bits per heavy atom. The van der Waals surface area contributed by atoms with Gasteiger partial charge in [0, 0.05) is 6.54 Å². The van der Waals surface area contributed by atoms with Gasteiger partial charge in [0.25, 0.3) is 0 Å². The van der Waals surface area contributed by atoms with E-state index in [0.29, 0.717) is 6.54 Å². The fraction of sp³-hybridized carbons (Fsp3) is 0.778. The van der Waals surface area contributed by atoms with Crippen molar-refractivity contribution in [3.63, 3.8) is 0 Å². The van der Waals surface area contributed by atoms with Gasteiger partial charge in [0.1, 0.15) is 0 Å². The normalized spacial score (nSPS) is 27.5. The second-order valence-electron chi connectivity index (χ2n) is 3.41. The molecule has 88 valence electrons. The summed E-state index contributed by atoms with van der Waals surface area (Å²) in [6.45, 7) is 6.04. The third-order valence-corrected chi connectivity index (χ3v) is 5.07. The van der Waals surface area contributed by atoms with Crippen LogP contribution in [0.2, 0.25) is 0 Å². The maximum atomic E-state index is 12.5. The molecule has 15 heavy (non-hydrogen) atoms. The van der Waals surface area contributed by atoms with Crippen LogP contribution in [-0.2, 0) is 13.6 Å². The summed E-state index contributed by atoms with van der Waals surface area (Å²) in [7, 11) is -3.35. The lowest BCUT2D eigenvalue weighted by Gasteiger charge is -2.35. The molecule has 0 bridgehead atoms. The van der Waals surface area contributed by atoms with E-state index in [1.54, 1.807) is 32.9 Å². The van der Waals surface area contributed by atoms with Gasteiger partial charge in [0.15, 0.2) is 5.28 Å². The van der Waals surface area contributed by atoms with Crippen LogP contribution >= 0.6 is 7.60 Å². The van der Waals surface area contributed by atoms with Crippen LogP contribution in [0, 0.1) is 0 Å². The van der Waals surface area contributed by atoms with Crippen molar-refractivity contribution in [1.29, 1.82) is 0 Å². The molecule has 0 aromatic heterocycles. The van der Waals surface area contributed by atoms with Gasteiger partial charge < -0.3 is 14.3 Å². The molecule has 1 aliphatic rings. The van der Waals surface area contributed by atoms with Crippen molar-refractivity contribution < 1.29 is 18.8 Å². The second-order valence-corrected chi connectivity index (χ2v) is 5.83. The Morgan fingerprint density at radius 1 is 1.47 bits per heavy atom. The highest BCUT2D eigenvalue weighted by Crippen LogP contribution is 2.62. The summed E-state index contributed by atoms with van der Waals surface area (Å²) in [5, 5.41) is 9.59. The van der Waals surface area contributed by atoms with E-state index in [4.69, 9.17) is 9.05 Å². The molecule has 0 aromatic carbocycles. The molecule has 6 heteroatoms. The number of hydrogen-bond acceptors (Lipinski definition) is 5. The van der Waals surface area contributed by atoms with Crippen molar-refractivity contribution in [3.05, 3.63) is 12.2 Å². The van der Waals surface area contributed by atoms with Gasteiger partial charge in [0.2, 0.25) is 0 Å². The maximum absolute atomic E-state index is 12.5. The Bertz CT molecular complexity index is 284. The summed E-state index contributed by atoms with van der Waals surface area (Å²) in [5.41, 5.74) is 0.